The first-order valence-electron chi connectivity index (χ1n) is 6.10. The van der Waals surface area contributed by atoms with Crippen molar-refractivity contribution in [3.05, 3.63) is 35.1 Å². The number of halogens is 2. The lowest BCUT2D eigenvalue weighted by atomic mass is 10.1. The van der Waals surface area contributed by atoms with Gasteiger partial charge in [0.25, 0.3) is 5.91 Å². The Balaban J connectivity index is 2.94. The summed E-state index contributed by atoms with van der Waals surface area (Å²) in [5.41, 5.74) is 0.976. The van der Waals surface area contributed by atoms with Gasteiger partial charge in [0, 0.05) is 17.9 Å². The van der Waals surface area contributed by atoms with Crippen molar-refractivity contribution in [2.75, 3.05) is 11.9 Å². The average molecular weight is 316 g/mol. The second-order valence-electron chi connectivity index (χ2n) is 4.62. The molecule has 0 spiro atoms. The molecule has 100 valence electrons. The zero-order chi connectivity index (χ0) is 13.7. The molecule has 0 atom stereocenters. The maximum absolute atomic E-state index is 13.8. The summed E-state index contributed by atoms with van der Waals surface area (Å²) in [5.74, 6) is -0.673. The van der Waals surface area contributed by atoms with Crippen molar-refractivity contribution in [1.82, 2.24) is 4.90 Å². The number of amides is 1. The summed E-state index contributed by atoms with van der Waals surface area (Å²) in [6, 6.07) is 4.80. The Hall–Kier alpha value is -0.900. The number of rotatable bonds is 5. The van der Waals surface area contributed by atoms with Crippen LogP contribution in [0.15, 0.2) is 18.2 Å². The summed E-state index contributed by atoms with van der Waals surface area (Å²) in [7, 11) is 0. The Labute approximate surface area is 116 Å². The minimum Gasteiger partial charge on any atom is -0.336 e. The zero-order valence-electron chi connectivity index (χ0n) is 11.0. The van der Waals surface area contributed by atoms with Crippen LogP contribution in [0.25, 0.3) is 0 Å². The summed E-state index contributed by atoms with van der Waals surface area (Å²) in [5, 5.41) is 0.833. The van der Waals surface area contributed by atoms with Gasteiger partial charge in [-0.1, -0.05) is 22.0 Å². The van der Waals surface area contributed by atoms with Crippen LogP contribution in [0.3, 0.4) is 0 Å². The minimum atomic E-state index is -0.440. The SMILES string of the molecule is Cc1ccc(C(=O)N(CCCBr)C(C)C)c(F)c1. The van der Waals surface area contributed by atoms with Gasteiger partial charge in [-0.2, -0.15) is 0 Å². The second kappa shape index (κ2) is 6.88. The number of benzene rings is 1. The Kier molecular flexibility index (Phi) is 5.79. The Bertz CT molecular complexity index is 420. The lowest BCUT2D eigenvalue weighted by molar-refractivity contribution is 0.0702. The van der Waals surface area contributed by atoms with Crippen LogP contribution in [0.2, 0.25) is 0 Å². The third-order valence-electron chi connectivity index (χ3n) is 2.77. The molecule has 18 heavy (non-hydrogen) atoms. The maximum Gasteiger partial charge on any atom is 0.257 e. The fraction of sp³-hybridized carbons (Fsp3) is 0.500. The van der Waals surface area contributed by atoms with Gasteiger partial charge in [0.2, 0.25) is 0 Å². The number of alkyl halides is 1. The third-order valence-corrected chi connectivity index (χ3v) is 3.33. The van der Waals surface area contributed by atoms with Crippen LogP contribution in [0.5, 0.6) is 0 Å². The Morgan fingerprint density at radius 1 is 1.44 bits per heavy atom. The summed E-state index contributed by atoms with van der Waals surface area (Å²) < 4.78 is 13.8. The van der Waals surface area contributed by atoms with Crippen LogP contribution >= 0.6 is 15.9 Å². The van der Waals surface area contributed by atoms with E-state index in [-0.39, 0.29) is 17.5 Å². The van der Waals surface area contributed by atoms with Gasteiger partial charge < -0.3 is 4.90 Å². The molecule has 1 amide bonds. The van der Waals surface area contributed by atoms with Crippen LogP contribution in [-0.4, -0.2) is 28.7 Å². The fourth-order valence-electron chi connectivity index (χ4n) is 1.77. The van der Waals surface area contributed by atoms with E-state index >= 15 is 0 Å². The summed E-state index contributed by atoms with van der Waals surface area (Å²) in [6.45, 7) is 6.33. The van der Waals surface area contributed by atoms with Gasteiger partial charge in [-0.25, -0.2) is 4.39 Å². The van der Waals surface area contributed by atoms with E-state index in [4.69, 9.17) is 0 Å². The highest BCUT2D eigenvalue weighted by Gasteiger charge is 2.21. The number of nitrogens with zero attached hydrogens (tertiary/aromatic N) is 1. The summed E-state index contributed by atoms with van der Waals surface area (Å²) in [6.07, 6.45) is 0.859. The standard InChI is InChI=1S/C14H19BrFNO/c1-10(2)17(8-4-7-15)14(18)12-6-5-11(3)9-13(12)16/h5-6,9-10H,4,7-8H2,1-3H3. The first-order valence-corrected chi connectivity index (χ1v) is 7.22. The van der Waals surface area contributed by atoms with E-state index in [1.54, 1.807) is 17.0 Å². The molecule has 0 radical (unpaired) electrons. The molecule has 0 heterocycles. The van der Waals surface area contributed by atoms with Crippen LogP contribution < -0.4 is 0 Å². The van der Waals surface area contributed by atoms with Gasteiger partial charge in [-0.05, 0) is 44.9 Å². The fourth-order valence-corrected chi connectivity index (χ4v) is 2.02. The van der Waals surface area contributed by atoms with E-state index in [2.05, 4.69) is 15.9 Å². The smallest absolute Gasteiger partial charge is 0.257 e. The number of carbonyl (C=O) groups is 1. The number of aryl methyl sites for hydroxylation is 1. The first kappa shape index (κ1) is 15.2. The van der Waals surface area contributed by atoms with Gasteiger partial charge in [0.05, 0.1) is 5.56 Å². The molecule has 0 bridgehead atoms. The molecule has 0 aliphatic carbocycles. The topological polar surface area (TPSA) is 20.3 Å². The highest BCUT2D eigenvalue weighted by molar-refractivity contribution is 9.09. The molecule has 0 saturated heterocycles. The minimum absolute atomic E-state index is 0.0669. The monoisotopic (exact) mass is 315 g/mol. The van der Waals surface area contributed by atoms with Gasteiger partial charge in [-0.15, -0.1) is 0 Å². The van der Waals surface area contributed by atoms with Crippen molar-refractivity contribution < 1.29 is 9.18 Å². The zero-order valence-corrected chi connectivity index (χ0v) is 12.6. The highest BCUT2D eigenvalue weighted by Crippen LogP contribution is 2.15. The average Bonchev–Trinajstić information content (AvgIpc) is 2.28. The molecule has 4 heteroatoms. The van der Waals surface area contributed by atoms with E-state index in [0.717, 1.165) is 17.3 Å². The quantitative estimate of drug-likeness (QED) is 0.757. The predicted molar refractivity (Wildman–Crippen MR) is 75.7 cm³/mol. The van der Waals surface area contributed by atoms with E-state index in [1.807, 2.05) is 20.8 Å². The second-order valence-corrected chi connectivity index (χ2v) is 5.41. The molecule has 1 aromatic rings. The number of carbonyl (C=O) groups excluding carboxylic acids is 1. The highest BCUT2D eigenvalue weighted by atomic mass is 79.9. The van der Waals surface area contributed by atoms with Crippen LogP contribution in [-0.2, 0) is 0 Å². The molecule has 0 aromatic heterocycles. The Morgan fingerprint density at radius 2 is 2.11 bits per heavy atom. The number of hydrogen-bond donors (Lipinski definition) is 0. The molecular formula is C14H19BrFNO. The molecule has 2 nitrogen and oxygen atoms in total. The molecule has 1 aromatic carbocycles. The third kappa shape index (κ3) is 3.80. The van der Waals surface area contributed by atoms with E-state index in [9.17, 15) is 9.18 Å². The van der Waals surface area contributed by atoms with Gasteiger partial charge in [-0.3, -0.25) is 4.79 Å². The van der Waals surface area contributed by atoms with Crippen LogP contribution in [0.4, 0.5) is 4.39 Å². The van der Waals surface area contributed by atoms with Crippen LogP contribution in [0, 0.1) is 12.7 Å². The molecule has 0 aliphatic rings. The first-order chi connectivity index (χ1) is 8.47. The van der Waals surface area contributed by atoms with Crippen molar-refractivity contribution in [1.29, 1.82) is 0 Å². The maximum atomic E-state index is 13.8. The van der Waals surface area contributed by atoms with Crippen molar-refractivity contribution >= 4 is 21.8 Å². The molecule has 0 unspecified atom stereocenters. The van der Waals surface area contributed by atoms with Crippen molar-refractivity contribution in [2.24, 2.45) is 0 Å². The van der Waals surface area contributed by atoms with Crippen molar-refractivity contribution in [2.45, 2.75) is 33.2 Å². The van der Waals surface area contributed by atoms with Crippen molar-refractivity contribution in [3.63, 3.8) is 0 Å². The number of hydrogen-bond acceptors (Lipinski definition) is 1. The molecule has 0 aliphatic heterocycles. The van der Waals surface area contributed by atoms with Gasteiger partial charge in [0.15, 0.2) is 0 Å². The predicted octanol–water partition coefficient (Wildman–Crippen LogP) is 3.77. The molecule has 0 saturated carbocycles. The van der Waals surface area contributed by atoms with E-state index in [1.165, 1.54) is 6.07 Å². The van der Waals surface area contributed by atoms with E-state index in [0.29, 0.717) is 6.54 Å². The van der Waals surface area contributed by atoms with Gasteiger partial charge in [0.1, 0.15) is 5.82 Å². The van der Waals surface area contributed by atoms with Crippen LogP contribution in [0.1, 0.15) is 36.2 Å². The lowest BCUT2D eigenvalue weighted by Gasteiger charge is -2.26. The molecule has 0 N–H and O–H groups in total. The van der Waals surface area contributed by atoms with E-state index < -0.39 is 5.82 Å². The summed E-state index contributed by atoms with van der Waals surface area (Å²) in [4.78, 5) is 14.0. The van der Waals surface area contributed by atoms with Crippen molar-refractivity contribution in [3.8, 4) is 0 Å². The largest absolute Gasteiger partial charge is 0.336 e. The van der Waals surface area contributed by atoms with Gasteiger partial charge >= 0.3 is 0 Å². The molecular weight excluding hydrogens is 297 g/mol. The molecule has 1 rings (SSSR count). The summed E-state index contributed by atoms with van der Waals surface area (Å²) >= 11 is 3.34. The molecule has 0 fully saturated rings. The lowest BCUT2D eigenvalue weighted by Crippen LogP contribution is -2.38. The Morgan fingerprint density at radius 3 is 2.61 bits per heavy atom. The normalized spacial score (nSPS) is 10.8.